The van der Waals surface area contributed by atoms with Crippen LogP contribution in [0, 0.1) is 35.7 Å². The van der Waals surface area contributed by atoms with Crippen LogP contribution in [0.25, 0.3) is 0 Å². The van der Waals surface area contributed by atoms with Crippen molar-refractivity contribution in [3.8, 4) is 6.07 Å². The Labute approximate surface area is 114 Å². The van der Waals surface area contributed by atoms with Crippen LogP contribution in [0.5, 0.6) is 0 Å². The van der Waals surface area contributed by atoms with Gasteiger partial charge >= 0.3 is 0 Å². The maximum atomic E-state index is 13.8. The molecule has 1 N–H and O–H groups in total. The number of nitriles is 1. The minimum atomic E-state index is -0.745. The molecule has 0 fully saturated rings. The summed E-state index contributed by atoms with van der Waals surface area (Å²) in [7, 11) is 0. The van der Waals surface area contributed by atoms with E-state index in [1.807, 2.05) is 6.07 Å². The molecule has 5 heteroatoms. The predicted octanol–water partition coefficient (Wildman–Crippen LogP) is 3.90. The highest BCUT2D eigenvalue weighted by atomic mass is 19.1. The van der Waals surface area contributed by atoms with Crippen LogP contribution < -0.4 is 5.32 Å². The molecule has 2 aromatic carbocycles. The monoisotopic (exact) mass is 276 g/mol. The van der Waals surface area contributed by atoms with Crippen molar-refractivity contribution in [2.45, 2.75) is 13.5 Å². The van der Waals surface area contributed by atoms with Crippen LogP contribution in [0.1, 0.15) is 16.7 Å². The third kappa shape index (κ3) is 2.75. The van der Waals surface area contributed by atoms with E-state index in [1.54, 1.807) is 0 Å². The number of rotatable bonds is 3. The Hall–Kier alpha value is -2.48. The fraction of sp³-hybridized carbons (Fsp3) is 0.133. The second kappa shape index (κ2) is 5.66. The van der Waals surface area contributed by atoms with Crippen LogP contribution in [-0.4, -0.2) is 0 Å². The second-order valence-corrected chi connectivity index (χ2v) is 4.32. The van der Waals surface area contributed by atoms with Crippen LogP contribution >= 0.6 is 0 Å². The van der Waals surface area contributed by atoms with Crippen molar-refractivity contribution in [1.29, 1.82) is 5.26 Å². The summed E-state index contributed by atoms with van der Waals surface area (Å²) in [5.41, 5.74) is 0.449. The van der Waals surface area contributed by atoms with Gasteiger partial charge in [0.15, 0.2) is 5.82 Å². The Morgan fingerprint density at radius 1 is 1.10 bits per heavy atom. The Morgan fingerprint density at radius 3 is 2.50 bits per heavy atom. The molecular formula is C15H11F3N2. The summed E-state index contributed by atoms with van der Waals surface area (Å²) in [4.78, 5) is 0. The average Bonchev–Trinajstić information content (AvgIpc) is 2.45. The standard InChI is InChI=1S/C15H11F3N2/c1-9-2-4-13(17)15(14(9)18)20-8-11-6-10(7-19)3-5-12(11)16/h2-6,20H,8H2,1H3. The molecule has 0 heterocycles. The van der Waals surface area contributed by atoms with E-state index in [4.69, 9.17) is 5.26 Å². The molecule has 0 aliphatic carbocycles. The van der Waals surface area contributed by atoms with Crippen molar-refractivity contribution in [2.24, 2.45) is 0 Å². The molecule has 0 amide bonds. The molecule has 0 saturated carbocycles. The van der Waals surface area contributed by atoms with Crippen molar-refractivity contribution in [3.63, 3.8) is 0 Å². The van der Waals surface area contributed by atoms with Gasteiger partial charge in [-0.2, -0.15) is 5.26 Å². The number of nitrogens with zero attached hydrogens (tertiary/aromatic N) is 1. The molecule has 2 aromatic rings. The smallest absolute Gasteiger partial charge is 0.152 e. The lowest BCUT2D eigenvalue weighted by atomic mass is 10.1. The molecule has 102 valence electrons. The van der Waals surface area contributed by atoms with Gasteiger partial charge in [-0.15, -0.1) is 0 Å². The van der Waals surface area contributed by atoms with Gasteiger partial charge in [0.05, 0.1) is 11.6 Å². The third-order valence-corrected chi connectivity index (χ3v) is 2.91. The maximum Gasteiger partial charge on any atom is 0.152 e. The zero-order valence-electron chi connectivity index (χ0n) is 10.7. The van der Waals surface area contributed by atoms with Gasteiger partial charge < -0.3 is 5.32 Å². The van der Waals surface area contributed by atoms with Crippen molar-refractivity contribution in [2.75, 3.05) is 5.32 Å². The van der Waals surface area contributed by atoms with E-state index in [0.29, 0.717) is 5.56 Å². The first-order chi connectivity index (χ1) is 9.52. The number of benzene rings is 2. The molecule has 0 spiro atoms. The molecule has 0 saturated heterocycles. The van der Waals surface area contributed by atoms with Crippen molar-refractivity contribution >= 4 is 5.69 Å². The van der Waals surface area contributed by atoms with Gasteiger partial charge in [0, 0.05) is 12.1 Å². The van der Waals surface area contributed by atoms with Crippen LogP contribution in [0.15, 0.2) is 30.3 Å². The van der Waals surface area contributed by atoms with Crippen molar-refractivity contribution in [3.05, 3.63) is 64.5 Å². The molecular weight excluding hydrogens is 265 g/mol. The summed E-state index contributed by atoms with van der Waals surface area (Å²) in [6.07, 6.45) is 0. The first-order valence-electron chi connectivity index (χ1n) is 5.90. The Morgan fingerprint density at radius 2 is 1.80 bits per heavy atom. The number of aryl methyl sites for hydroxylation is 1. The van der Waals surface area contributed by atoms with Gasteiger partial charge in [-0.25, -0.2) is 13.2 Å². The normalized spacial score (nSPS) is 10.2. The summed E-state index contributed by atoms with van der Waals surface area (Å²) in [5, 5.41) is 11.3. The number of hydrogen-bond acceptors (Lipinski definition) is 2. The van der Waals surface area contributed by atoms with E-state index in [2.05, 4.69) is 5.32 Å². The summed E-state index contributed by atoms with van der Waals surface area (Å²) >= 11 is 0. The molecule has 0 unspecified atom stereocenters. The van der Waals surface area contributed by atoms with Gasteiger partial charge in [-0.05, 0) is 36.8 Å². The van der Waals surface area contributed by atoms with Crippen LogP contribution in [0.3, 0.4) is 0 Å². The minimum absolute atomic E-state index is 0.112. The third-order valence-electron chi connectivity index (χ3n) is 2.91. The van der Waals surface area contributed by atoms with Crippen molar-refractivity contribution in [1.82, 2.24) is 0 Å². The Kier molecular flexibility index (Phi) is 3.94. The van der Waals surface area contributed by atoms with Crippen LogP contribution in [-0.2, 0) is 6.54 Å². The van der Waals surface area contributed by atoms with Gasteiger partial charge in [-0.1, -0.05) is 6.07 Å². The maximum absolute atomic E-state index is 13.8. The van der Waals surface area contributed by atoms with E-state index in [1.165, 1.54) is 25.1 Å². The molecule has 0 aromatic heterocycles. The van der Waals surface area contributed by atoms with Gasteiger partial charge in [-0.3, -0.25) is 0 Å². The number of anilines is 1. The van der Waals surface area contributed by atoms with Gasteiger partial charge in [0.1, 0.15) is 17.3 Å². The second-order valence-electron chi connectivity index (χ2n) is 4.32. The van der Waals surface area contributed by atoms with E-state index in [9.17, 15) is 13.2 Å². The molecule has 0 radical (unpaired) electrons. The lowest BCUT2D eigenvalue weighted by molar-refractivity contribution is 0.580. The van der Waals surface area contributed by atoms with Crippen LogP contribution in [0.2, 0.25) is 0 Å². The number of hydrogen-bond donors (Lipinski definition) is 1. The summed E-state index contributed by atoms with van der Waals surface area (Å²) in [5.74, 6) is -1.99. The zero-order valence-corrected chi connectivity index (χ0v) is 10.7. The molecule has 2 nitrogen and oxygen atoms in total. The molecule has 0 aliphatic rings. The fourth-order valence-corrected chi connectivity index (χ4v) is 1.78. The molecule has 0 bridgehead atoms. The summed E-state index contributed by atoms with van der Waals surface area (Å²) in [6.45, 7) is 1.40. The molecule has 20 heavy (non-hydrogen) atoms. The highest BCUT2D eigenvalue weighted by molar-refractivity contribution is 5.49. The minimum Gasteiger partial charge on any atom is -0.376 e. The highest BCUT2D eigenvalue weighted by Crippen LogP contribution is 2.22. The molecule has 0 aliphatic heterocycles. The van der Waals surface area contributed by atoms with E-state index in [0.717, 1.165) is 12.1 Å². The zero-order chi connectivity index (χ0) is 14.7. The van der Waals surface area contributed by atoms with E-state index in [-0.39, 0.29) is 23.4 Å². The van der Waals surface area contributed by atoms with Gasteiger partial charge in [0.2, 0.25) is 0 Å². The predicted molar refractivity (Wildman–Crippen MR) is 69.5 cm³/mol. The fourth-order valence-electron chi connectivity index (χ4n) is 1.78. The largest absolute Gasteiger partial charge is 0.376 e. The average molecular weight is 276 g/mol. The quantitative estimate of drug-likeness (QED) is 0.923. The first kappa shape index (κ1) is 13.9. The topological polar surface area (TPSA) is 35.8 Å². The SMILES string of the molecule is Cc1ccc(F)c(NCc2cc(C#N)ccc2F)c1F. The van der Waals surface area contributed by atoms with Crippen molar-refractivity contribution < 1.29 is 13.2 Å². The Balaban J connectivity index is 2.26. The van der Waals surface area contributed by atoms with E-state index < -0.39 is 17.5 Å². The van der Waals surface area contributed by atoms with Crippen LogP contribution in [0.4, 0.5) is 18.9 Å². The molecule has 2 rings (SSSR count). The molecule has 0 atom stereocenters. The highest BCUT2D eigenvalue weighted by Gasteiger charge is 2.12. The number of halogens is 3. The van der Waals surface area contributed by atoms with Gasteiger partial charge in [0.25, 0.3) is 0 Å². The first-order valence-corrected chi connectivity index (χ1v) is 5.90. The van der Waals surface area contributed by atoms with E-state index >= 15 is 0 Å². The summed E-state index contributed by atoms with van der Waals surface area (Å²) in [6, 6.07) is 8.18. The Bertz CT molecular complexity index is 690. The lowest BCUT2D eigenvalue weighted by Gasteiger charge is -2.11. The lowest BCUT2D eigenvalue weighted by Crippen LogP contribution is -2.06. The number of nitrogens with one attached hydrogen (secondary N) is 1. The summed E-state index contributed by atoms with van der Waals surface area (Å²) < 4.78 is 40.8.